The van der Waals surface area contributed by atoms with E-state index in [1.165, 1.54) is 7.11 Å². The van der Waals surface area contributed by atoms with E-state index >= 15 is 0 Å². The summed E-state index contributed by atoms with van der Waals surface area (Å²) in [6.07, 6.45) is 0.869. The summed E-state index contributed by atoms with van der Waals surface area (Å²) in [6, 6.07) is 13.8. The Morgan fingerprint density at radius 1 is 1.25 bits per heavy atom. The fourth-order valence-electron chi connectivity index (χ4n) is 2.90. The van der Waals surface area contributed by atoms with Crippen LogP contribution in [0, 0.1) is 0 Å². The molecule has 5 heteroatoms. The van der Waals surface area contributed by atoms with Crippen LogP contribution in [-0.4, -0.2) is 31.3 Å². The van der Waals surface area contributed by atoms with Crippen LogP contribution >= 0.6 is 0 Å². The predicted molar refractivity (Wildman–Crippen MR) is 91.6 cm³/mol. The molecule has 5 nitrogen and oxygen atoms in total. The highest BCUT2D eigenvalue weighted by molar-refractivity contribution is 5.76. The molecule has 1 N–H and O–H groups in total. The first-order chi connectivity index (χ1) is 11.7. The molecule has 24 heavy (non-hydrogen) atoms. The predicted octanol–water partition coefficient (Wildman–Crippen LogP) is 2.82. The third-order valence-corrected chi connectivity index (χ3v) is 4.10. The maximum absolute atomic E-state index is 11.6. The van der Waals surface area contributed by atoms with Gasteiger partial charge in [0.1, 0.15) is 12.4 Å². The van der Waals surface area contributed by atoms with Crippen molar-refractivity contribution in [1.82, 2.24) is 0 Å². The van der Waals surface area contributed by atoms with Crippen molar-refractivity contribution in [3.63, 3.8) is 0 Å². The largest absolute Gasteiger partial charge is 0.487 e. The lowest BCUT2D eigenvalue weighted by atomic mass is 10.1. The summed E-state index contributed by atoms with van der Waals surface area (Å²) in [5, 5.41) is 9.25. The normalized spacial score (nSPS) is 12.7. The van der Waals surface area contributed by atoms with E-state index in [2.05, 4.69) is 11.0 Å². The number of hydrogen-bond acceptors (Lipinski definition) is 5. The molecule has 1 aliphatic rings. The molecule has 1 heterocycles. The molecule has 0 bridgehead atoms. The summed E-state index contributed by atoms with van der Waals surface area (Å²) in [7, 11) is 1.39. The zero-order valence-corrected chi connectivity index (χ0v) is 13.7. The van der Waals surface area contributed by atoms with Gasteiger partial charge in [0.05, 0.1) is 19.2 Å². The van der Waals surface area contributed by atoms with E-state index in [1.54, 1.807) is 0 Å². The summed E-state index contributed by atoms with van der Waals surface area (Å²) < 4.78 is 10.7. The van der Waals surface area contributed by atoms with Crippen LogP contribution in [0.4, 0.5) is 11.4 Å². The van der Waals surface area contributed by atoms with Crippen LogP contribution < -0.4 is 9.64 Å². The first-order valence-corrected chi connectivity index (χ1v) is 8.02. The van der Waals surface area contributed by atoms with Gasteiger partial charge in [-0.2, -0.15) is 0 Å². The maximum Gasteiger partial charge on any atom is 0.309 e. The smallest absolute Gasteiger partial charge is 0.309 e. The van der Waals surface area contributed by atoms with Crippen molar-refractivity contribution in [3.8, 4) is 5.75 Å². The number of ether oxygens (including phenoxy) is 2. The molecular weight excluding hydrogens is 306 g/mol. The minimum atomic E-state index is -0.271. The monoisotopic (exact) mass is 327 g/mol. The molecule has 0 atom stereocenters. The van der Waals surface area contributed by atoms with Gasteiger partial charge in [-0.25, -0.2) is 0 Å². The molecule has 0 fully saturated rings. The SMILES string of the molecule is COC(=O)Cc1ccc2c(c1)N(CCCO)c1ccccc1CO2. The minimum absolute atomic E-state index is 0.122. The molecular formula is C19H21NO4. The lowest BCUT2D eigenvalue weighted by Gasteiger charge is -2.26. The average molecular weight is 327 g/mol. The van der Waals surface area contributed by atoms with Crippen LogP contribution in [0.5, 0.6) is 5.75 Å². The summed E-state index contributed by atoms with van der Waals surface area (Å²) in [6.45, 7) is 1.29. The Morgan fingerprint density at radius 3 is 2.88 bits per heavy atom. The van der Waals surface area contributed by atoms with Crippen molar-refractivity contribution in [2.45, 2.75) is 19.4 Å². The second-order valence-electron chi connectivity index (χ2n) is 5.70. The standard InChI is InChI=1S/C19H21NO4/c1-23-19(22)12-14-7-8-18-17(11-14)20(9-4-10-21)16-6-3-2-5-15(16)13-24-18/h2-3,5-8,11,21H,4,9-10,12-13H2,1H3. The van der Waals surface area contributed by atoms with Crippen LogP contribution in [0.2, 0.25) is 0 Å². The third-order valence-electron chi connectivity index (χ3n) is 4.10. The molecule has 2 aromatic rings. The molecule has 0 saturated carbocycles. The number of fused-ring (bicyclic) bond motifs is 2. The van der Waals surface area contributed by atoms with Crippen molar-refractivity contribution >= 4 is 17.3 Å². The van der Waals surface area contributed by atoms with E-state index in [0.29, 0.717) is 19.6 Å². The molecule has 1 aliphatic heterocycles. The summed E-state index contributed by atoms with van der Waals surface area (Å²) in [5.74, 6) is 0.504. The molecule has 126 valence electrons. The number of rotatable bonds is 5. The quantitative estimate of drug-likeness (QED) is 0.856. The van der Waals surface area contributed by atoms with Gasteiger partial charge in [0.25, 0.3) is 0 Å². The fourth-order valence-corrected chi connectivity index (χ4v) is 2.90. The van der Waals surface area contributed by atoms with Crippen LogP contribution in [0.25, 0.3) is 0 Å². The highest BCUT2D eigenvalue weighted by Gasteiger charge is 2.22. The van der Waals surface area contributed by atoms with Crippen LogP contribution in [0.3, 0.4) is 0 Å². The lowest BCUT2D eigenvalue weighted by molar-refractivity contribution is -0.139. The van der Waals surface area contributed by atoms with Gasteiger partial charge in [-0.05, 0) is 30.2 Å². The second kappa shape index (κ2) is 7.36. The van der Waals surface area contributed by atoms with E-state index in [0.717, 1.165) is 28.3 Å². The van der Waals surface area contributed by atoms with Gasteiger partial charge in [0.2, 0.25) is 0 Å². The van der Waals surface area contributed by atoms with Crippen molar-refractivity contribution in [2.24, 2.45) is 0 Å². The van der Waals surface area contributed by atoms with Gasteiger partial charge in [-0.15, -0.1) is 0 Å². The Morgan fingerprint density at radius 2 is 2.08 bits per heavy atom. The molecule has 0 radical (unpaired) electrons. The summed E-state index contributed by atoms with van der Waals surface area (Å²) in [5.41, 5.74) is 3.95. The Kier molecular flexibility index (Phi) is 5.01. The first kappa shape index (κ1) is 16.3. The topological polar surface area (TPSA) is 59.0 Å². The average Bonchev–Trinajstić information content (AvgIpc) is 2.76. The van der Waals surface area contributed by atoms with Gasteiger partial charge >= 0.3 is 5.97 Å². The Balaban J connectivity index is 2.02. The number of methoxy groups -OCH3 is 1. The van der Waals surface area contributed by atoms with Gasteiger partial charge in [0.15, 0.2) is 0 Å². The van der Waals surface area contributed by atoms with Crippen LogP contribution in [0.15, 0.2) is 42.5 Å². The van der Waals surface area contributed by atoms with Crippen molar-refractivity contribution in [3.05, 3.63) is 53.6 Å². The molecule has 0 unspecified atom stereocenters. The summed E-state index contributed by atoms with van der Waals surface area (Å²) in [4.78, 5) is 13.7. The first-order valence-electron chi connectivity index (χ1n) is 8.02. The zero-order chi connectivity index (χ0) is 16.9. The number of esters is 1. The fraction of sp³-hybridized carbons (Fsp3) is 0.316. The van der Waals surface area contributed by atoms with Crippen molar-refractivity contribution in [2.75, 3.05) is 25.2 Å². The Labute approximate surface area is 141 Å². The number of aliphatic hydroxyl groups is 1. The molecule has 0 amide bonds. The Bertz CT molecular complexity index is 729. The summed E-state index contributed by atoms with van der Waals surface area (Å²) >= 11 is 0. The lowest BCUT2D eigenvalue weighted by Crippen LogP contribution is -2.20. The van der Waals surface area contributed by atoms with E-state index < -0.39 is 0 Å². The molecule has 0 spiro atoms. The van der Waals surface area contributed by atoms with Gasteiger partial charge in [-0.3, -0.25) is 4.79 Å². The Hall–Kier alpha value is -2.53. The molecule has 0 saturated heterocycles. The molecule has 0 aromatic heterocycles. The highest BCUT2D eigenvalue weighted by atomic mass is 16.5. The molecule has 2 aromatic carbocycles. The molecule has 3 rings (SSSR count). The van der Waals surface area contributed by atoms with Gasteiger partial charge in [0, 0.05) is 24.4 Å². The number of para-hydroxylation sites is 1. The van der Waals surface area contributed by atoms with E-state index in [9.17, 15) is 9.90 Å². The number of benzene rings is 2. The minimum Gasteiger partial charge on any atom is -0.487 e. The maximum atomic E-state index is 11.6. The van der Waals surface area contributed by atoms with Gasteiger partial charge < -0.3 is 19.5 Å². The number of nitrogens with zero attached hydrogens (tertiary/aromatic N) is 1. The number of carbonyl (C=O) groups excluding carboxylic acids is 1. The molecule has 0 aliphatic carbocycles. The van der Waals surface area contributed by atoms with Crippen LogP contribution in [-0.2, 0) is 22.6 Å². The van der Waals surface area contributed by atoms with Crippen LogP contribution in [0.1, 0.15) is 17.5 Å². The van der Waals surface area contributed by atoms with E-state index in [4.69, 9.17) is 9.47 Å². The van der Waals surface area contributed by atoms with E-state index in [1.807, 2.05) is 36.4 Å². The van der Waals surface area contributed by atoms with Gasteiger partial charge in [-0.1, -0.05) is 24.3 Å². The van der Waals surface area contributed by atoms with E-state index in [-0.39, 0.29) is 19.0 Å². The zero-order valence-electron chi connectivity index (χ0n) is 13.7. The van der Waals surface area contributed by atoms with Crippen molar-refractivity contribution in [1.29, 1.82) is 0 Å². The highest BCUT2D eigenvalue weighted by Crippen LogP contribution is 2.40. The number of carbonyl (C=O) groups is 1. The number of anilines is 2. The third kappa shape index (κ3) is 3.36. The number of hydrogen-bond donors (Lipinski definition) is 1. The number of aliphatic hydroxyl groups excluding tert-OH is 1. The second-order valence-corrected chi connectivity index (χ2v) is 5.70. The van der Waals surface area contributed by atoms with Crippen molar-refractivity contribution < 1.29 is 19.4 Å².